The van der Waals surface area contributed by atoms with Crippen LogP contribution in [-0.2, 0) is 0 Å². The maximum atomic E-state index is 7.23. The van der Waals surface area contributed by atoms with Crippen LogP contribution in [0, 0.1) is 16.2 Å². The van der Waals surface area contributed by atoms with Crippen molar-refractivity contribution >= 4 is 34.9 Å². The number of nitrogens with one attached hydrogen (secondary N) is 6. The summed E-state index contributed by atoms with van der Waals surface area (Å²) < 4.78 is 0. The summed E-state index contributed by atoms with van der Waals surface area (Å²) in [5, 5.41) is 29.4. The lowest BCUT2D eigenvalue weighted by Gasteiger charge is -2.16. The van der Waals surface area contributed by atoms with Crippen molar-refractivity contribution in [2.24, 2.45) is 17.2 Å². The summed E-state index contributed by atoms with van der Waals surface area (Å²) in [5.74, 6) is -0.817. The average Bonchev–Trinajstić information content (AvgIpc) is 2.20. The summed E-state index contributed by atoms with van der Waals surface area (Å²) in [6.45, 7) is 0. The lowest BCUT2D eigenvalue weighted by molar-refractivity contribution is 1.37. The zero-order chi connectivity index (χ0) is 13.7. The fourth-order valence-corrected chi connectivity index (χ4v) is 1.32. The number of hydrogen-bond acceptors (Lipinski definition) is 3. The van der Waals surface area contributed by atoms with Gasteiger partial charge in [-0.2, -0.15) is 0 Å². The van der Waals surface area contributed by atoms with Crippen LogP contribution in [0.2, 0.25) is 0 Å². The van der Waals surface area contributed by atoms with Crippen LogP contribution < -0.4 is 33.2 Å². The van der Waals surface area contributed by atoms with Gasteiger partial charge in [0.2, 0.25) is 0 Å². The lowest BCUT2D eigenvalue weighted by Crippen LogP contribution is -2.27. The second-order valence-corrected chi connectivity index (χ2v) is 3.34. The molecule has 9 nitrogen and oxygen atoms in total. The highest BCUT2D eigenvalue weighted by atomic mass is 15.1. The fraction of sp³-hybridized carbons (Fsp3) is 0. The minimum absolute atomic E-state index is 0.262. The van der Waals surface area contributed by atoms with Crippen LogP contribution in [0.15, 0.2) is 18.2 Å². The molecule has 12 N–H and O–H groups in total. The lowest BCUT2D eigenvalue weighted by atomic mass is 10.2. The van der Waals surface area contributed by atoms with Gasteiger partial charge in [0.15, 0.2) is 17.9 Å². The minimum Gasteiger partial charge on any atom is -0.370 e. The first-order chi connectivity index (χ1) is 8.40. The molecule has 1 rings (SSSR count). The molecule has 0 fully saturated rings. The van der Waals surface area contributed by atoms with Crippen molar-refractivity contribution in [2.75, 3.05) is 16.0 Å². The largest absolute Gasteiger partial charge is 0.370 e. The smallest absolute Gasteiger partial charge is 0.190 e. The van der Waals surface area contributed by atoms with Gasteiger partial charge in [-0.1, -0.05) is 6.07 Å². The number of hydrogen-bond donors (Lipinski definition) is 9. The number of anilines is 3. The van der Waals surface area contributed by atoms with E-state index < -0.39 is 0 Å². The molecule has 18 heavy (non-hydrogen) atoms. The molecule has 0 heterocycles. The Morgan fingerprint density at radius 2 is 1.17 bits per heavy atom. The van der Waals surface area contributed by atoms with E-state index in [1.165, 1.54) is 0 Å². The third-order valence-corrected chi connectivity index (χ3v) is 1.86. The Hall–Kier alpha value is -2.97. The summed E-state index contributed by atoms with van der Waals surface area (Å²) in [7, 11) is 0. The van der Waals surface area contributed by atoms with E-state index in [4.69, 9.17) is 33.4 Å². The highest BCUT2D eigenvalue weighted by Crippen LogP contribution is 2.30. The van der Waals surface area contributed by atoms with Crippen LogP contribution in [0.3, 0.4) is 0 Å². The van der Waals surface area contributed by atoms with E-state index in [0.29, 0.717) is 17.1 Å². The molecule has 0 atom stereocenters. The molecule has 0 bridgehead atoms. The van der Waals surface area contributed by atoms with Crippen molar-refractivity contribution in [1.29, 1.82) is 16.2 Å². The maximum Gasteiger partial charge on any atom is 0.190 e. The predicted molar refractivity (Wildman–Crippen MR) is 73.1 cm³/mol. The molecule has 0 unspecified atom stereocenters. The summed E-state index contributed by atoms with van der Waals surface area (Å²) >= 11 is 0. The molecule has 0 aliphatic heterocycles. The number of para-hydroxylation sites is 1. The second-order valence-electron chi connectivity index (χ2n) is 3.34. The van der Waals surface area contributed by atoms with Gasteiger partial charge in [0.05, 0.1) is 17.1 Å². The molecule has 0 aliphatic carbocycles. The Labute approximate surface area is 103 Å². The number of rotatable bonds is 3. The van der Waals surface area contributed by atoms with Crippen LogP contribution in [0.5, 0.6) is 0 Å². The van der Waals surface area contributed by atoms with Crippen molar-refractivity contribution in [3.63, 3.8) is 0 Å². The Balaban J connectivity index is 3.19. The second kappa shape index (κ2) is 5.39. The van der Waals surface area contributed by atoms with Gasteiger partial charge in [0, 0.05) is 0 Å². The molecule has 0 amide bonds. The van der Waals surface area contributed by atoms with Crippen molar-refractivity contribution in [1.82, 2.24) is 0 Å². The molecule has 1 aromatic rings. The van der Waals surface area contributed by atoms with E-state index in [-0.39, 0.29) is 17.9 Å². The van der Waals surface area contributed by atoms with E-state index in [9.17, 15) is 0 Å². The van der Waals surface area contributed by atoms with Gasteiger partial charge in [-0.15, -0.1) is 0 Å². The number of guanidine groups is 3. The Morgan fingerprint density at radius 3 is 1.50 bits per heavy atom. The van der Waals surface area contributed by atoms with E-state index in [1.54, 1.807) is 18.2 Å². The third kappa shape index (κ3) is 3.56. The Morgan fingerprint density at radius 1 is 0.778 bits per heavy atom. The molecule has 9 heteroatoms. The molecule has 96 valence electrons. The Kier molecular flexibility index (Phi) is 3.92. The molecule has 1 aromatic carbocycles. The topological polar surface area (TPSA) is 186 Å². The van der Waals surface area contributed by atoms with Crippen LogP contribution in [0.4, 0.5) is 17.1 Å². The molecule has 0 spiro atoms. The van der Waals surface area contributed by atoms with Gasteiger partial charge < -0.3 is 33.2 Å². The predicted octanol–water partition coefficient (Wildman–Crippen LogP) is -0.397. The van der Waals surface area contributed by atoms with Gasteiger partial charge in [0.1, 0.15) is 0 Å². The monoisotopic (exact) mass is 249 g/mol. The third-order valence-electron chi connectivity index (χ3n) is 1.86. The van der Waals surface area contributed by atoms with Crippen LogP contribution in [0.1, 0.15) is 0 Å². The summed E-state index contributed by atoms with van der Waals surface area (Å²) in [6.07, 6.45) is 0. The van der Waals surface area contributed by atoms with Crippen molar-refractivity contribution in [3.8, 4) is 0 Å². The van der Waals surface area contributed by atoms with Crippen molar-refractivity contribution in [3.05, 3.63) is 18.2 Å². The minimum atomic E-state index is -0.292. The zero-order valence-electron chi connectivity index (χ0n) is 9.46. The molecular weight excluding hydrogens is 234 g/mol. The molecule has 0 saturated heterocycles. The van der Waals surface area contributed by atoms with E-state index in [1.807, 2.05) is 0 Å². The molecule has 0 aliphatic rings. The first kappa shape index (κ1) is 13.1. The normalized spacial score (nSPS) is 9.33. The first-order valence-corrected chi connectivity index (χ1v) is 4.86. The standard InChI is InChI=1S/C9H15N9/c10-7(11)16-4-2-1-3-5(17-8(12)13)6(4)18-9(14)15/h1-3H,(H4,10,11,16)(H4,12,13,17)(H4,14,15,18). The molecule has 0 saturated carbocycles. The van der Waals surface area contributed by atoms with Gasteiger partial charge in [-0.3, -0.25) is 16.2 Å². The van der Waals surface area contributed by atoms with Crippen molar-refractivity contribution < 1.29 is 0 Å². The van der Waals surface area contributed by atoms with Crippen LogP contribution in [0.25, 0.3) is 0 Å². The van der Waals surface area contributed by atoms with E-state index in [2.05, 4.69) is 16.0 Å². The SMILES string of the molecule is N=C(N)Nc1cccc(NC(=N)N)c1NC(=N)N. The highest BCUT2D eigenvalue weighted by Gasteiger charge is 2.10. The maximum absolute atomic E-state index is 7.23. The van der Waals surface area contributed by atoms with Gasteiger partial charge in [0.25, 0.3) is 0 Å². The van der Waals surface area contributed by atoms with Gasteiger partial charge in [-0.25, -0.2) is 0 Å². The number of nitrogens with two attached hydrogens (primary N) is 3. The summed E-state index contributed by atoms with van der Waals surface area (Å²) in [6, 6.07) is 4.94. The van der Waals surface area contributed by atoms with Crippen LogP contribution >= 0.6 is 0 Å². The van der Waals surface area contributed by atoms with E-state index >= 15 is 0 Å². The van der Waals surface area contributed by atoms with Crippen LogP contribution in [-0.4, -0.2) is 17.9 Å². The van der Waals surface area contributed by atoms with Gasteiger partial charge in [-0.05, 0) is 12.1 Å². The number of benzene rings is 1. The van der Waals surface area contributed by atoms with Crippen molar-refractivity contribution in [2.45, 2.75) is 0 Å². The average molecular weight is 249 g/mol. The highest BCUT2D eigenvalue weighted by molar-refractivity contribution is 6.05. The zero-order valence-corrected chi connectivity index (χ0v) is 9.46. The Bertz CT molecular complexity index is 459. The van der Waals surface area contributed by atoms with Gasteiger partial charge >= 0.3 is 0 Å². The summed E-state index contributed by atoms with van der Waals surface area (Å²) in [5.41, 5.74) is 17.0. The summed E-state index contributed by atoms with van der Waals surface area (Å²) in [4.78, 5) is 0. The first-order valence-electron chi connectivity index (χ1n) is 4.86. The fourth-order valence-electron chi connectivity index (χ4n) is 1.32. The quantitative estimate of drug-likeness (QED) is 0.259. The molecule has 0 aromatic heterocycles. The molecule has 0 radical (unpaired) electrons. The van der Waals surface area contributed by atoms with E-state index in [0.717, 1.165) is 0 Å². The molecular formula is C9H15N9.